The molecule has 2 aromatic rings. The van der Waals surface area contributed by atoms with E-state index in [-0.39, 0.29) is 29.5 Å². The lowest BCUT2D eigenvalue weighted by molar-refractivity contribution is -0.125. The van der Waals surface area contributed by atoms with Crippen LogP contribution >= 0.6 is 0 Å². The van der Waals surface area contributed by atoms with E-state index in [4.69, 9.17) is 9.26 Å². The highest BCUT2D eigenvalue weighted by molar-refractivity contribution is 5.92. The van der Waals surface area contributed by atoms with E-state index in [9.17, 15) is 13.6 Å². The Bertz CT molecular complexity index is 777. The highest BCUT2D eigenvalue weighted by Gasteiger charge is 2.15. The highest BCUT2D eigenvalue weighted by atomic mass is 19.3. The smallest absolute Gasteiger partial charge is 0.387 e. The van der Waals surface area contributed by atoms with E-state index < -0.39 is 6.61 Å². The molecule has 26 heavy (non-hydrogen) atoms. The van der Waals surface area contributed by atoms with E-state index >= 15 is 0 Å². The molecule has 1 amide bonds. The van der Waals surface area contributed by atoms with E-state index in [0.717, 1.165) is 0 Å². The molecule has 140 valence electrons. The molecule has 0 spiro atoms. The molecule has 0 atom stereocenters. The van der Waals surface area contributed by atoms with Crippen molar-refractivity contribution in [3.05, 3.63) is 41.6 Å². The second-order valence-electron chi connectivity index (χ2n) is 5.24. The number of amides is 1. The quantitative estimate of drug-likeness (QED) is 0.668. The lowest BCUT2D eigenvalue weighted by atomic mass is 10.1. The maximum Gasteiger partial charge on any atom is 0.387 e. The number of carbonyl (C=O) groups is 1. The summed E-state index contributed by atoms with van der Waals surface area (Å²) in [6, 6.07) is 4.63. The molecule has 0 unspecified atom stereocenters. The molecule has 1 aromatic carbocycles. The van der Waals surface area contributed by atoms with Gasteiger partial charge in [0, 0.05) is 25.1 Å². The largest absolute Gasteiger partial charge is 0.493 e. The zero-order valence-electron chi connectivity index (χ0n) is 14.6. The molecular formula is C17H19F2N3O4. The van der Waals surface area contributed by atoms with Gasteiger partial charge in [-0.15, -0.1) is 0 Å². The average Bonchev–Trinajstić information content (AvgIpc) is 3.07. The molecule has 7 nitrogen and oxygen atoms in total. The van der Waals surface area contributed by atoms with Crippen LogP contribution in [-0.4, -0.2) is 41.7 Å². The summed E-state index contributed by atoms with van der Waals surface area (Å²) in [5.41, 5.74) is 0.289. The van der Waals surface area contributed by atoms with Crippen molar-refractivity contribution < 1.29 is 27.6 Å². The van der Waals surface area contributed by atoms with Gasteiger partial charge in [-0.25, -0.2) is 0 Å². The van der Waals surface area contributed by atoms with Crippen molar-refractivity contribution in [2.75, 3.05) is 14.2 Å². The normalized spacial score (nSPS) is 11.2. The van der Waals surface area contributed by atoms with Crippen LogP contribution in [0.3, 0.4) is 0 Å². The van der Waals surface area contributed by atoms with Crippen molar-refractivity contribution in [3.8, 4) is 11.5 Å². The van der Waals surface area contributed by atoms with E-state index in [1.807, 2.05) is 6.92 Å². The van der Waals surface area contributed by atoms with Gasteiger partial charge in [-0.05, 0) is 12.1 Å². The van der Waals surface area contributed by atoms with Crippen molar-refractivity contribution >= 4 is 12.0 Å². The number of alkyl halides is 2. The number of hydrogen-bond acceptors (Lipinski definition) is 6. The van der Waals surface area contributed by atoms with Crippen molar-refractivity contribution in [1.29, 1.82) is 0 Å². The third-order valence-electron chi connectivity index (χ3n) is 3.42. The molecular weight excluding hydrogens is 348 g/mol. The molecule has 1 heterocycles. The number of aromatic nitrogens is 2. The Kier molecular flexibility index (Phi) is 6.65. The average molecular weight is 367 g/mol. The first-order chi connectivity index (χ1) is 12.4. The molecule has 9 heteroatoms. The molecule has 0 saturated carbocycles. The fourth-order valence-corrected chi connectivity index (χ4v) is 2.11. The second kappa shape index (κ2) is 8.93. The summed E-state index contributed by atoms with van der Waals surface area (Å²) in [6.07, 6.45) is 3.25. The van der Waals surface area contributed by atoms with Gasteiger partial charge in [0.1, 0.15) is 0 Å². The number of benzene rings is 1. The van der Waals surface area contributed by atoms with Crippen LogP contribution < -0.4 is 9.47 Å². The Morgan fingerprint density at radius 3 is 2.81 bits per heavy atom. The summed E-state index contributed by atoms with van der Waals surface area (Å²) in [4.78, 5) is 17.7. The number of likely N-dealkylation sites (N-methyl/N-ethyl adjacent to an activating group) is 1. The first kappa shape index (κ1) is 19.4. The van der Waals surface area contributed by atoms with Gasteiger partial charge in [0.2, 0.25) is 11.8 Å². The topological polar surface area (TPSA) is 77.7 Å². The monoisotopic (exact) mass is 367 g/mol. The Morgan fingerprint density at radius 1 is 1.42 bits per heavy atom. The number of methoxy groups -OCH3 is 1. The molecule has 2 rings (SSSR count). The maximum atomic E-state index is 12.6. The minimum absolute atomic E-state index is 0.134. The van der Waals surface area contributed by atoms with Crippen molar-refractivity contribution in [1.82, 2.24) is 15.0 Å². The highest BCUT2D eigenvalue weighted by Crippen LogP contribution is 2.33. The number of aryl methyl sites for hydroxylation is 1. The van der Waals surface area contributed by atoms with Crippen molar-refractivity contribution in [3.63, 3.8) is 0 Å². The van der Waals surface area contributed by atoms with Gasteiger partial charge < -0.3 is 18.9 Å². The minimum atomic E-state index is -3.01. The molecule has 0 aliphatic rings. The van der Waals surface area contributed by atoms with Crippen molar-refractivity contribution in [2.24, 2.45) is 0 Å². The fourth-order valence-electron chi connectivity index (χ4n) is 2.11. The third kappa shape index (κ3) is 5.01. The molecule has 0 aliphatic carbocycles. The van der Waals surface area contributed by atoms with Gasteiger partial charge in [0.05, 0.1) is 13.7 Å². The predicted octanol–water partition coefficient (Wildman–Crippen LogP) is 2.91. The van der Waals surface area contributed by atoms with Gasteiger partial charge in [-0.3, -0.25) is 4.79 Å². The van der Waals surface area contributed by atoms with Gasteiger partial charge in [-0.1, -0.05) is 24.2 Å². The lowest BCUT2D eigenvalue weighted by Gasteiger charge is -2.13. The molecule has 0 fully saturated rings. The number of para-hydroxylation sites is 1. The van der Waals surface area contributed by atoms with Crippen LogP contribution in [0.1, 0.15) is 24.2 Å². The van der Waals surface area contributed by atoms with Crippen molar-refractivity contribution in [2.45, 2.75) is 26.5 Å². The summed E-state index contributed by atoms with van der Waals surface area (Å²) in [5.74, 6) is 0.509. The third-order valence-corrected chi connectivity index (χ3v) is 3.42. The zero-order valence-corrected chi connectivity index (χ0v) is 14.6. The maximum absolute atomic E-state index is 12.6. The van der Waals surface area contributed by atoms with Gasteiger partial charge in [0.15, 0.2) is 17.3 Å². The van der Waals surface area contributed by atoms with Gasteiger partial charge in [-0.2, -0.15) is 13.8 Å². The predicted molar refractivity (Wildman–Crippen MR) is 88.8 cm³/mol. The summed E-state index contributed by atoms with van der Waals surface area (Å²) in [6.45, 7) is -0.990. The zero-order chi connectivity index (χ0) is 19.1. The molecule has 0 saturated heterocycles. The molecule has 0 N–H and O–H groups in total. The lowest BCUT2D eigenvalue weighted by Crippen LogP contribution is -2.24. The van der Waals surface area contributed by atoms with Crippen LogP contribution in [0.15, 0.2) is 28.8 Å². The van der Waals surface area contributed by atoms with Crippen LogP contribution in [0.25, 0.3) is 6.08 Å². The Hall–Kier alpha value is -2.97. The Morgan fingerprint density at radius 2 is 2.19 bits per heavy atom. The number of nitrogens with zero attached hydrogens (tertiary/aromatic N) is 3. The summed E-state index contributed by atoms with van der Waals surface area (Å²) >= 11 is 0. The van der Waals surface area contributed by atoms with E-state index in [2.05, 4.69) is 14.9 Å². The number of ether oxygens (including phenoxy) is 2. The molecule has 0 aliphatic heterocycles. The molecule has 0 radical (unpaired) electrons. The van der Waals surface area contributed by atoms with Gasteiger partial charge >= 0.3 is 6.61 Å². The second-order valence-corrected chi connectivity index (χ2v) is 5.24. The SMILES string of the molecule is CCc1noc(CN(C)C(=O)/C=C/c2cccc(OC)c2OC(F)F)n1. The summed E-state index contributed by atoms with van der Waals surface area (Å²) in [7, 11) is 2.90. The number of carbonyl (C=O) groups excluding carboxylic acids is 1. The summed E-state index contributed by atoms with van der Waals surface area (Å²) < 4.78 is 39.8. The van der Waals surface area contributed by atoms with E-state index in [0.29, 0.717) is 18.1 Å². The Labute approximate surface area is 149 Å². The first-order valence-corrected chi connectivity index (χ1v) is 7.81. The number of hydrogen-bond donors (Lipinski definition) is 0. The van der Waals surface area contributed by atoms with Crippen LogP contribution in [0.4, 0.5) is 8.78 Å². The van der Waals surface area contributed by atoms with Crippen LogP contribution in [-0.2, 0) is 17.8 Å². The van der Waals surface area contributed by atoms with Gasteiger partial charge in [0.25, 0.3) is 0 Å². The fraction of sp³-hybridized carbons (Fsp3) is 0.353. The minimum Gasteiger partial charge on any atom is -0.493 e. The standard InChI is InChI=1S/C17H19F2N3O4/c1-4-13-20-14(26-21-13)10-22(2)15(23)9-8-11-6-5-7-12(24-3)16(11)25-17(18)19/h5-9,17H,4,10H2,1-3H3/b9-8+. The van der Waals surface area contributed by atoms with Crippen LogP contribution in [0.2, 0.25) is 0 Å². The van der Waals surface area contributed by atoms with E-state index in [1.165, 1.54) is 36.3 Å². The Balaban J connectivity index is 2.11. The van der Waals surface area contributed by atoms with Crippen LogP contribution in [0.5, 0.6) is 11.5 Å². The number of halogens is 2. The molecule has 1 aromatic heterocycles. The van der Waals surface area contributed by atoms with E-state index in [1.54, 1.807) is 13.1 Å². The summed E-state index contributed by atoms with van der Waals surface area (Å²) in [5, 5.41) is 3.76. The van der Waals surface area contributed by atoms with Crippen LogP contribution in [0, 0.1) is 0 Å². The first-order valence-electron chi connectivity index (χ1n) is 7.81. The molecule has 0 bridgehead atoms. The number of rotatable bonds is 8.